The fourth-order valence-corrected chi connectivity index (χ4v) is 1.97. The zero-order valence-corrected chi connectivity index (χ0v) is 10.3. The molecule has 0 bridgehead atoms. The zero-order valence-electron chi connectivity index (χ0n) is 10.3. The van der Waals surface area contributed by atoms with Crippen LogP contribution < -0.4 is 0 Å². The second-order valence-corrected chi connectivity index (χ2v) is 4.42. The molecule has 2 rings (SSSR count). The molecule has 0 saturated heterocycles. The highest BCUT2D eigenvalue weighted by Gasteiger charge is 2.01. The molecule has 18 heavy (non-hydrogen) atoms. The monoisotopic (exact) mass is 239 g/mol. The summed E-state index contributed by atoms with van der Waals surface area (Å²) >= 11 is 0. The molecule has 0 fully saturated rings. The maximum atomic E-state index is 9.24. The Hall–Kier alpha value is -1.85. The number of aliphatic hydroxyl groups is 1. The van der Waals surface area contributed by atoms with Crippen molar-refractivity contribution < 1.29 is 5.11 Å². The van der Waals surface area contributed by atoms with Gasteiger partial charge in [0, 0.05) is 11.1 Å². The smallest absolute Gasteiger partial charge is 0.114 e. The van der Waals surface area contributed by atoms with Gasteiger partial charge in [0.15, 0.2) is 0 Å². The Morgan fingerprint density at radius 1 is 1.17 bits per heavy atom. The van der Waals surface area contributed by atoms with Crippen LogP contribution in [-0.4, -0.2) is 16.2 Å². The number of benzene rings is 1. The maximum Gasteiger partial charge on any atom is 0.114 e. The number of pyridine rings is 1. The highest BCUT2D eigenvalue weighted by atomic mass is 16.3. The lowest BCUT2D eigenvalue weighted by molar-refractivity contribution is 0.218. The molecule has 2 aromatic rings. The third-order valence-electron chi connectivity index (χ3n) is 3.01. The fraction of sp³-hybridized carbons (Fsp3) is 0.312. The van der Waals surface area contributed by atoms with Crippen molar-refractivity contribution in [2.45, 2.75) is 31.8 Å². The third kappa shape index (κ3) is 3.32. The summed E-state index contributed by atoms with van der Waals surface area (Å²) in [5.41, 5.74) is 2.14. The summed E-state index contributed by atoms with van der Waals surface area (Å²) in [4.78, 5) is 4.61. The molecule has 92 valence electrons. The Kier molecular flexibility index (Phi) is 4.33. The van der Waals surface area contributed by atoms with Gasteiger partial charge in [0.25, 0.3) is 0 Å². The van der Waals surface area contributed by atoms with Gasteiger partial charge in [-0.1, -0.05) is 30.2 Å². The first-order valence-corrected chi connectivity index (χ1v) is 6.28. The van der Waals surface area contributed by atoms with Crippen LogP contribution in [0.5, 0.6) is 0 Å². The molecule has 0 spiro atoms. The van der Waals surface area contributed by atoms with Gasteiger partial charge in [-0.25, -0.2) is 0 Å². The molecule has 2 heteroatoms. The van der Waals surface area contributed by atoms with E-state index in [0.717, 1.165) is 30.5 Å². The molecule has 1 aromatic carbocycles. The predicted octanol–water partition coefficient (Wildman–Crippen LogP) is 2.94. The van der Waals surface area contributed by atoms with Crippen LogP contribution in [0.1, 0.15) is 25.0 Å². The van der Waals surface area contributed by atoms with Gasteiger partial charge >= 0.3 is 0 Å². The summed E-state index contributed by atoms with van der Waals surface area (Å²) in [6, 6.07) is 12.3. The van der Waals surface area contributed by atoms with E-state index in [0.29, 0.717) is 6.42 Å². The molecule has 1 atom stereocenters. The molecular formula is C16H17NO. The Morgan fingerprint density at radius 3 is 2.83 bits per heavy atom. The second kappa shape index (κ2) is 6.18. The van der Waals surface area contributed by atoms with Crippen LogP contribution >= 0.6 is 0 Å². The van der Waals surface area contributed by atoms with E-state index >= 15 is 0 Å². The number of aromatic nitrogens is 1. The number of aryl methyl sites for hydroxylation is 1. The van der Waals surface area contributed by atoms with E-state index in [9.17, 15) is 5.11 Å². The van der Waals surface area contributed by atoms with E-state index in [1.165, 1.54) is 5.39 Å². The van der Waals surface area contributed by atoms with E-state index in [1.54, 1.807) is 0 Å². The largest absolute Gasteiger partial charge is 0.380 e. The van der Waals surface area contributed by atoms with E-state index < -0.39 is 6.10 Å². The quantitative estimate of drug-likeness (QED) is 0.643. The Labute approximate surface area is 108 Å². The molecule has 0 aliphatic heterocycles. The molecule has 1 unspecified atom stereocenters. The summed E-state index contributed by atoms with van der Waals surface area (Å²) in [7, 11) is 0. The number of para-hydroxylation sites is 1. The molecule has 0 saturated carbocycles. The average molecular weight is 239 g/mol. The van der Waals surface area contributed by atoms with Crippen LogP contribution in [0.25, 0.3) is 10.9 Å². The maximum absolute atomic E-state index is 9.24. The number of unbranched alkanes of at least 4 members (excludes halogenated alkanes) is 1. The van der Waals surface area contributed by atoms with Gasteiger partial charge in [-0.05, 0) is 37.8 Å². The summed E-state index contributed by atoms with van der Waals surface area (Å²) < 4.78 is 0. The Bertz CT molecular complexity index is 556. The van der Waals surface area contributed by atoms with Gasteiger partial charge in [-0.2, -0.15) is 0 Å². The minimum Gasteiger partial charge on any atom is -0.380 e. The standard InChI is InChI=1S/C16H17NO/c1-2-15(18)9-5-4-8-14-12-11-13-7-3-6-10-16(13)17-14/h1,3,6-7,10-12,15,18H,4-5,8-9H2. The molecule has 1 heterocycles. The van der Waals surface area contributed by atoms with Crippen LogP contribution in [0, 0.1) is 12.3 Å². The van der Waals surface area contributed by atoms with Gasteiger partial charge in [-0.15, -0.1) is 6.42 Å². The number of rotatable bonds is 5. The van der Waals surface area contributed by atoms with Crippen LogP contribution in [0.2, 0.25) is 0 Å². The normalized spacial score (nSPS) is 12.2. The topological polar surface area (TPSA) is 33.1 Å². The predicted molar refractivity (Wildman–Crippen MR) is 74.1 cm³/mol. The minimum absolute atomic E-state index is 0.602. The van der Waals surface area contributed by atoms with Crippen LogP contribution in [0.3, 0.4) is 0 Å². The summed E-state index contributed by atoms with van der Waals surface area (Å²) in [6.45, 7) is 0. The molecular weight excluding hydrogens is 222 g/mol. The van der Waals surface area contributed by atoms with Gasteiger partial charge < -0.3 is 5.11 Å². The lowest BCUT2D eigenvalue weighted by atomic mass is 10.1. The number of nitrogens with zero attached hydrogens (tertiary/aromatic N) is 1. The van der Waals surface area contributed by atoms with Crippen LogP contribution in [0.4, 0.5) is 0 Å². The zero-order chi connectivity index (χ0) is 12.8. The molecule has 1 N–H and O–H groups in total. The summed E-state index contributed by atoms with van der Waals surface area (Å²) in [5.74, 6) is 2.33. The van der Waals surface area contributed by atoms with E-state index in [4.69, 9.17) is 6.42 Å². The molecule has 1 aromatic heterocycles. The van der Waals surface area contributed by atoms with Crippen molar-refractivity contribution in [1.29, 1.82) is 0 Å². The Morgan fingerprint density at radius 2 is 2.00 bits per heavy atom. The van der Waals surface area contributed by atoms with E-state index in [-0.39, 0.29) is 0 Å². The van der Waals surface area contributed by atoms with Crippen molar-refractivity contribution in [2.24, 2.45) is 0 Å². The first-order valence-electron chi connectivity index (χ1n) is 6.28. The van der Waals surface area contributed by atoms with Crippen molar-refractivity contribution in [1.82, 2.24) is 4.98 Å². The van der Waals surface area contributed by atoms with Crippen molar-refractivity contribution in [3.8, 4) is 12.3 Å². The van der Waals surface area contributed by atoms with Crippen molar-refractivity contribution >= 4 is 10.9 Å². The van der Waals surface area contributed by atoms with Gasteiger partial charge in [0.05, 0.1) is 5.52 Å². The van der Waals surface area contributed by atoms with Gasteiger partial charge in [0.2, 0.25) is 0 Å². The summed E-state index contributed by atoms with van der Waals surface area (Å²) in [6.07, 6.45) is 8.05. The number of aliphatic hydroxyl groups excluding tert-OH is 1. The fourth-order valence-electron chi connectivity index (χ4n) is 1.97. The number of hydrogen-bond donors (Lipinski definition) is 1. The number of fused-ring (bicyclic) bond motifs is 1. The highest BCUT2D eigenvalue weighted by molar-refractivity contribution is 5.78. The van der Waals surface area contributed by atoms with Crippen LogP contribution in [-0.2, 0) is 6.42 Å². The highest BCUT2D eigenvalue weighted by Crippen LogP contribution is 2.13. The lowest BCUT2D eigenvalue weighted by Gasteiger charge is -2.04. The molecule has 0 aliphatic carbocycles. The van der Waals surface area contributed by atoms with Crippen molar-refractivity contribution in [3.63, 3.8) is 0 Å². The van der Waals surface area contributed by atoms with E-state index in [1.807, 2.05) is 18.2 Å². The van der Waals surface area contributed by atoms with Crippen LogP contribution in [0.15, 0.2) is 36.4 Å². The van der Waals surface area contributed by atoms with Crippen molar-refractivity contribution in [3.05, 3.63) is 42.1 Å². The number of hydrogen-bond acceptors (Lipinski definition) is 2. The number of terminal acetylenes is 1. The first kappa shape index (κ1) is 12.6. The summed E-state index contributed by atoms with van der Waals surface area (Å²) in [5, 5.41) is 10.4. The SMILES string of the molecule is C#CC(O)CCCCc1ccc2ccccc2n1. The van der Waals surface area contributed by atoms with Gasteiger partial charge in [0.1, 0.15) is 6.10 Å². The lowest BCUT2D eigenvalue weighted by Crippen LogP contribution is -2.02. The third-order valence-corrected chi connectivity index (χ3v) is 3.01. The minimum atomic E-state index is -0.602. The molecule has 0 aliphatic rings. The molecule has 2 nitrogen and oxygen atoms in total. The molecule has 0 amide bonds. The van der Waals surface area contributed by atoms with Gasteiger partial charge in [-0.3, -0.25) is 4.98 Å². The molecule has 0 radical (unpaired) electrons. The first-order chi connectivity index (χ1) is 8.79. The van der Waals surface area contributed by atoms with E-state index in [2.05, 4.69) is 29.1 Å². The second-order valence-electron chi connectivity index (χ2n) is 4.42. The Balaban J connectivity index is 1.90. The average Bonchev–Trinajstić information content (AvgIpc) is 2.43. The van der Waals surface area contributed by atoms with Crippen molar-refractivity contribution in [2.75, 3.05) is 0 Å².